The summed E-state index contributed by atoms with van der Waals surface area (Å²) >= 11 is 3.22. The van der Waals surface area contributed by atoms with Gasteiger partial charge in [-0.3, -0.25) is 9.59 Å². The van der Waals surface area contributed by atoms with Crippen LogP contribution in [0.15, 0.2) is 27.8 Å². The SMILES string of the molecule is [2H]C([2H])([2H])NC(=O)C(=O)N[C@@H](C)CC1(C#N)CCC2(CC1)OC(=O)NN=C2c1cccc(F)c1Br. The minimum absolute atomic E-state index is 0.168. The Morgan fingerprint density at radius 2 is 2.12 bits per heavy atom. The van der Waals surface area contributed by atoms with Gasteiger partial charge >= 0.3 is 17.9 Å². The number of halogens is 2. The molecule has 9 nitrogen and oxygen atoms in total. The van der Waals surface area contributed by atoms with Crippen LogP contribution in [-0.4, -0.2) is 42.2 Å². The van der Waals surface area contributed by atoms with Gasteiger partial charge in [-0.2, -0.15) is 10.4 Å². The quantitative estimate of drug-likeness (QED) is 0.535. The first-order chi connectivity index (χ1) is 16.3. The maximum absolute atomic E-state index is 14.2. The number of nitriles is 1. The molecule has 1 spiro atoms. The third-order valence-corrected chi connectivity index (χ3v) is 6.64. The monoisotopic (exact) mass is 510 g/mol. The van der Waals surface area contributed by atoms with Crippen LogP contribution in [0.25, 0.3) is 0 Å². The minimum Gasteiger partial charge on any atom is -0.435 e. The van der Waals surface area contributed by atoms with E-state index in [1.165, 1.54) is 12.1 Å². The molecule has 3 amide bonds. The predicted octanol–water partition coefficient (Wildman–Crippen LogP) is 2.50. The molecule has 0 aromatic heterocycles. The zero-order valence-corrected chi connectivity index (χ0v) is 18.7. The summed E-state index contributed by atoms with van der Waals surface area (Å²) in [6.07, 6.45) is 0.391. The Hall–Kier alpha value is -3.00. The highest BCUT2D eigenvalue weighted by Gasteiger charge is 2.51. The van der Waals surface area contributed by atoms with Crippen LogP contribution in [0.1, 0.15) is 48.7 Å². The number of carbonyl (C=O) groups excluding carboxylic acids is 3. The van der Waals surface area contributed by atoms with Gasteiger partial charge in [-0.15, -0.1) is 0 Å². The zero-order chi connectivity index (χ0) is 26.0. The first-order valence-electron chi connectivity index (χ1n) is 11.4. The van der Waals surface area contributed by atoms with Gasteiger partial charge in [0.15, 0.2) is 5.60 Å². The molecule has 1 heterocycles. The number of ether oxygens (including phenoxy) is 1. The van der Waals surface area contributed by atoms with Crippen LogP contribution in [0.4, 0.5) is 9.18 Å². The van der Waals surface area contributed by atoms with Gasteiger partial charge in [-0.1, -0.05) is 12.1 Å². The average Bonchev–Trinajstić information content (AvgIpc) is 2.77. The highest BCUT2D eigenvalue weighted by Crippen LogP contribution is 2.47. The van der Waals surface area contributed by atoms with Crippen LogP contribution in [0.5, 0.6) is 0 Å². The van der Waals surface area contributed by atoms with Crippen LogP contribution in [0.2, 0.25) is 0 Å². The molecule has 0 bridgehead atoms. The molecule has 1 fully saturated rings. The molecule has 1 aromatic carbocycles. The Kier molecular flexibility index (Phi) is 5.68. The zero-order valence-electron chi connectivity index (χ0n) is 20.1. The molecule has 0 saturated heterocycles. The lowest BCUT2D eigenvalue weighted by atomic mass is 9.65. The molecule has 1 aliphatic carbocycles. The summed E-state index contributed by atoms with van der Waals surface area (Å²) in [6.45, 7) is -1.20. The maximum atomic E-state index is 14.2. The van der Waals surface area contributed by atoms with Crippen LogP contribution in [-0.2, 0) is 14.3 Å². The average molecular weight is 511 g/mol. The van der Waals surface area contributed by atoms with Crippen LogP contribution < -0.4 is 16.1 Å². The molecule has 0 radical (unpaired) electrons. The molecular weight excluding hydrogens is 485 g/mol. The summed E-state index contributed by atoms with van der Waals surface area (Å²) in [4.78, 5) is 35.8. The topological polar surface area (TPSA) is 133 Å². The van der Waals surface area contributed by atoms with Gasteiger partial charge in [-0.25, -0.2) is 14.6 Å². The predicted molar refractivity (Wildman–Crippen MR) is 116 cm³/mol. The number of hydrogen-bond donors (Lipinski definition) is 3. The Morgan fingerprint density at radius 1 is 1.41 bits per heavy atom. The summed E-state index contributed by atoms with van der Waals surface area (Å²) < 4.78 is 41.1. The molecule has 11 heteroatoms. The lowest BCUT2D eigenvalue weighted by Crippen LogP contribution is -2.54. The van der Waals surface area contributed by atoms with Gasteiger partial charge in [0.1, 0.15) is 11.5 Å². The Bertz CT molecular complexity index is 1110. The van der Waals surface area contributed by atoms with Crippen molar-refractivity contribution in [2.24, 2.45) is 10.5 Å². The number of carbonyl (C=O) groups is 3. The van der Waals surface area contributed by atoms with Crippen LogP contribution >= 0.6 is 15.9 Å². The Balaban J connectivity index is 1.74. The first-order valence-corrected chi connectivity index (χ1v) is 10.6. The van der Waals surface area contributed by atoms with Gasteiger partial charge in [0.25, 0.3) is 0 Å². The van der Waals surface area contributed by atoms with E-state index in [2.05, 4.69) is 37.8 Å². The second kappa shape index (κ2) is 9.24. The van der Waals surface area contributed by atoms with Crippen molar-refractivity contribution in [1.29, 1.82) is 5.26 Å². The Morgan fingerprint density at radius 3 is 2.78 bits per heavy atom. The molecule has 32 heavy (non-hydrogen) atoms. The van der Waals surface area contributed by atoms with Gasteiger partial charge in [0.05, 0.1) is 16.0 Å². The third kappa shape index (κ3) is 4.60. The highest BCUT2D eigenvalue weighted by molar-refractivity contribution is 9.10. The number of rotatable bonds is 4. The van der Waals surface area contributed by atoms with E-state index in [4.69, 9.17) is 8.85 Å². The normalized spacial score (nSPS) is 27.4. The molecule has 2 aliphatic rings. The van der Waals surface area contributed by atoms with E-state index in [1.54, 1.807) is 18.3 Å². The number of likely N-dealkylation sites (N-methyl/N-ethyl adjacent to an activating group) is 1. The number of nitrogens with one attached hydrogen (secondary N) is 3. The van der Waals surface area contributed by atoms with Crippen molar-refractivity contribution in [2.45, 2.75) is 50.7 Å². The molecule has 1 aliphatic heterocycles. The van der Waals surface area contributed by atoms with E-state index < -0.39 is 47.8 Å². The van der Waals surface area contributed by atoms with E-state index in [0.717, 1.165) is 0 Å². The summed E-state index contributed by atoms with van der Waals surface area (Å²) in [5.41, 5.74) is 0.909. The van der Waals surface area contributed by atoms with Gasteiger partial charge in [-0.05, 0) is 61.0 Å². The van der Waals surface area contributed by atoms with Crippen LogP contribution in [0.3, 0.4) is 0 Å². The second-order valence-corrected chi connectivity index (χ2v) is 8.78. The Labute approximate surface area is 197 Å². The van der Waals surface area contributed by atoms with Crippen molar-refractivity contribution < 1.29 is 27.6 Å². The van der Waals surface area contributed by atoms with Crippen molar-refractivity contribution in [1.82, 2.24) is 16.1 Å². The van der Waals surface area contributed by atoms with Crippen molar-refractivity contribution in [3.8, 4) is 6.07 Å². The number of hydrazone groups is 1. The fourth-order valence-electron chi connectivity index (χ4n) is 4.26. The summed E-state index contributed by atoms with van der Waals surface area (Å²) in [5.74, 6) is -2.92. The maximum Gasteiger partial charge on any atom is 0.428 e. The number of benzene rings is 1. The van der Waals surface area contributed by atoms with Crippen LogP contribution in [0, 0.1) is 22.6 Å². The van der Waals surface area contributed by atoms with E-state index in [0.29, 0.717) is 11.3 Å². The van der Waals surface area contributed by atoms with E-state index in [1.807, 2.05) is 0 Å². The second-order valence-electron chi connectivity index (χ2n) is 7.98. The highest BCUT2D eigenvalue weighted by atomic mass is 79.9. The smallest absolute Gasteiger partial charge is 0.428 e. The standard InChI is InChI=1S/C21H23BrFN5O4/c1-12(26-18(30)17(29)25-2)10-20(11-24)6-8-21(9-7-20)16(27-28-19(31)32-21)13-4-3-5-14(23)15(13)22/h3-5,12H,6-10H2,1-2H3,(H,25,29)(H,26,30)(H,28,31)/t12-,20?,21?/m0/s1/i2D3. The van der Waals surface area contributed by atoms with Crippen molar-refractivity contribution in [3.63, 3.8) is 0 Å². The minimum atomic E-state index is -2.80. The van der Waals surface area contributed by atoms with E-state index >= 15 is 0 Å². The fraction of sp³-hybridized carbons (Fsp3) is 0.476. The van der Waals surface area contributed by atoms with Gasteiger partial charge in [0, 0.05) is 22.7 Å². The first kappa shape index (κ1) is 19.7. The summed E-state index contributed by atoms with van der Waals surface area (Å²) in [5, 5.41) is 18.1. The van der Waals surface area contributed by atoms with Gasteiger partial charge < -0.3 is 15.4 Å². The van der Waals surface area contributed by atoms with Crippen molar-refractivity contribution >= 4 is 39.5 Å². The van der Waals surface area contributed by atoms with Crippen molar-refractivity contribution in [2.75, 3.05) is 6.98 Å². The molecule has 1 saturated carbocycles. The third-order valence-electron chi connectivity index (χ3n) is 5.83. The molecular formula is C21H23BrFN5O4. The molecule has 1 atom stereocenters. The summed E-state index contributed by atoms with van der Waals surface area (Å²) in [7, 11) is 0. The van der Waals surface area contributed by atoms with E-state index in [9.17, 15) is 24.0 Å². The number of hydrogen-bond acceptors (Lipinski definition) is 6. The molecule has 3 N–H and O–H groups in total. The number of amides is 3. The fourth-order valence-corrected chi connectivity index (χ4v) is 4.71. The molecule has 0 unspecified atom stereocenters. The summed E-state index contributed by atoms with van der Waals surface area (Å²) in [6, 6.07) is 6.09. The molecule has 170 valence electrons. The van der Waals surface area contributed by atoms with Crippen molar-refractivity contribution in [3.05, 3.63) is 34.1 Å². The van der Waals surface area contributed by atoms with Gasteiger partial charge in [0.2, 0.25) is 0 Å². The number of nitrogens with zero attached hydrogens (tertiary/aromatic N) is 2. The lowest BCUT2D eigenvalue weighted by molar-refractivity contribution is -0.139. The van der Waals surface area contributed by atoms with E-state index in [-0.39, 0.29) is 36.6 Å². The molecule has 3 rings (SSSR count). The largest absolute Gasteiger partial charge is 0.435 e. The lowest BCUT2D eigenvalue weighted by Gasteiger charge is -2.45. The molecule has 1 aromatic rings.